The van der Waals surface area contributed by atoms with E-state index in [9.17, 15) is 12.8 Å². The fourth-order valence-electron chi connectivity index (χ4n) is 3.19. The molecule has 0 aliphatic heterocycles. The van der Waals surface area contributed by atoms with Crippen molar-refractivity contribution in [3.8, 4) is 5.75 Å². The Morgan fingerprint density at radius 2 is 2.00 bits per heavy atom. The molecule has 3 rings (SSSR count). The van der Waals surface area contributed by atoms with E-state index in [0.717, 1.165) is 36.8 Å². The second kappa shape index (κ2) is 6.43. The smallest absolute Gasteiger partial charge is 0.177 e. The molecule has 0 fully saturated rings. The first kappa shape index (κ1) is 16.8. The van der Waals surface area contributed by atoms with Crippen LogP contribution in [0, 0.1) is 5.82 Å². The van der Waals surface area contributed by atoms with Crippen LogP contribution in [0.4, 0.5) is 10.1 Å². The SMILES string of the molecule is COc1ccc2c(c1)CCCC2Nc1cc(F)ccc1S(C)(=O)=O. The summed E-state index contributed by atoms with van der Waals surface area (Å²) >= 11 is 0. The monoisotopic (exact) mass is 349 g/mol. The molecule has 0 saturated heterocycles. The zero-order valence-electron chi connectivity index (χ0n) is 13.7. The molecule has 0 radical (unpaired) electrons. The van der Waals surface area contributed by atoms with Gasteiger partial charge in [-0.2, -0.15) is 0 Å². The molecule has 1 atom stereocenters. The van der Waals surface area contributed by atoms with Gasteiger partial charge in [-0.25, -0.2) is 12.8 Å². The molecule has 6 heteroatoms. The first-order chi connectivity index (χ1) is 11.4. The van der Waals surface area contributed by atoms with Gasteiger partial charge < -0.3 is 10.1 Å². The van der Waals surface area contributed by atoms with Crippen LogP contribution in [0.25, 0.3) is 0 Å². The van der Waals surface area contributed by atoms with Gasteiger partial charge in [0.15, 0.2) is 9.84 Å². The van der Waals surface area contributed by atoms with Crippen molar-refractivity contribution >= 4 is 15.5 Å². The van der Waals surface area contributed by atoms with Crippen molar-refractivity contribution in [2.24, 2.45) is 0 Å². The molecule has 0 heterocycles. The molecule has 0 aromatic heterocycles. The number of halogens is 1. The molecule has 24 heavy (non-hydrogen) atoms. The van der Waals surface area contributed by atoms with E-state index in [1.165, 1.54) is 23.8 Å². The van der Waals surface area contributed by atoms with Gasteiger partial charge in [0.1, 0.15) is 11.6 Å². The van der Waals surface area contributed by atoms with Gasteiger partial charge in [-0.3, -0.25) is 0 Å². The highest BCUT2D eigenvalue weighted by atomic mass is 32.2. The van der Waals surface area contributed by atoms with Crippen LogP contribution in [0.5, 0.6) is 5.75 Å². The number of anilines is 1. The van der Waals surface area contributed by atoms with Gasteiger partial charge in [-0.05, 0) is 60.7 Å². The van der Waals surface area contributed by atoms with Gasteiger partial charge in [0.05, 0.1) is 23.7 Å². The van der Waals surface area contributed by atoms with Gasteiger partial charge in [0.2, 0.25) is 0 Å². The lowest BCUT2D eigenvalue weighted by atomic mass is 9.87. The maximum Gasteiger partial charge on any atom is 0.177 e. The summed E-state index contributed by atoms with van der Waals surface area (Å²) in [5, 5.41) is 3.23. The topological polar surface area (TPSA) is 55.4 Å². The molecular weight excluding hydrogens is 329 g/mol. The highest BCUT2D eigenvalue weighted by Gasteiger charge is 2.23. The fourth-order valence-corrected chi connectivity index (χ4v) is 4.03. The summed E-state index contributed by atoms with van der Waals surface area (Å²) in [6, 6.07) is 9.56. The number of fused-ring (bicyclic) bond motifs is 1. The lowest BCUT2D eigenvalue weighted by Gasteiger charge is -2.28. The van der Waals surface area contributed by atoms with Crippen LogP contribution < -0.4 is 10.1 Å². The van der Waals surface area contributed by atoms with Crippen LogP contribution in [-0.2, 0) is 16.3 Å². The maximum atomic E-state index is 13.6. The quantitative estimate of drug-likeness (QED) is 0.855. The van der Waals surface area contributed by atoms with E-state index in [2.05, 4.69) is 5.32 Å². The van der Waals surface area contributed by atoms with Crippen LogP contribution in [0.2, 0.25) is 0 Å². The van der Waals surface area contributed by atoms with Crippen molar-refractivity contribution in [2.45, 2.75) is 30.2 Å². The number of hydrogen-bond acceptors (Lipinski definition) is 4. The van der Waals surface area contributed by atoms with E-state index in [1.807, 2.05) is 18.2 Å². The van der Waals surface area contributed by atoms with Gasteiger partial charge in [-0.1, -0.05) is 6.07 Å². The summed E-state index contributed by atoms with van der Waals surface area (Å²) in [6.07, 6.45) is 3.91. The van der Waals surface area contributed by atoms with Crippen molar-refractivity contribution in [1.82, 2.24) is 0 Å². The Hall–Kier alpha value is -2.08. The molecule has 0 amide bonds. The molecule has 0 bridgehead atoms. The molecule has 1 aliphatic carbocycles. The summed E-state index contributed by atoms with van der Waals surface area (Å²) in [7, 11) is -1.81. The van der Waals surface area contributed by atoms with Gasteiger partial charge >= 0.3 is 0 Å². The molecule has 128 valence electrons. The zero-order valence-corrected chi connectivity index (χ0v) is 14.5. The number of methoxy groups -OCH3 is 1. The molecule has 2 aromatic rings. The second-order valence-electron chi connectivity index (χ2n) is 6.07. The highest BCUT2D eigenvalue weighted by Crippen LogP contribution is 2.36. The Morgan fingerprint density at radius 1 is 1.21 bits per heavy atom. The number of ether oxygens (including phenoxy) is 1. The number of aryl methyl sites for hydroxylation is 1. The Labute approximate surface area is 141 Å². The van der Waals surface area contributed by atoms with Crippen LogP contribution in [0.1, 0.15) is 30.0 Å². The average molecular weight is 349 g/mol. The van der Waals surface area contributed by atoms with Crippen molar-refractivity contribution in [3.63, 3.8) is 0 Å². The molecule has 4 nitrogen and oxygen atoms in total. The minimum atomic E-state index is -3.44. The summed E-state index contributed by atoms with van der Waals surface area (Å²) in [4.78, 5) is 0.115. The minimum absolute atomic E-state index is 0.0537. The molecular formula is C18H20FNO3S. The lowest BCUT2D eigenvalue weighted by molar-refractivity contribution is 0.413. The normalized spacial score (nSPS) is 17.2. The summed E-state index contributed by atoms with van der Waals surface area (Å²) < 4.78 is 42.8. The minimum Gasteiger partial charge on any atom is -0.497 e. The predicted molar refractivity (Wildman–Crippen MR) is 91.8 cm³/mol. The Balaban J connectivity index is 1.98. The molecule has 2 aromatic carbocycles. The summed E-state index contributed by atoms with van der Waals surface area (Å²) in [5.74, 6) is 0.340. The molecule has 1 aliphatic rings. The standard InChI is InChI=1S/C18H20FNO3S/c1-23-14-7-8-15-12(10-14)4-3-5-16(15)20-17-11-13(19)6-9-18(17)24(2,21)22/h6-11,16,20H,3-5H2,1-2H3. The number of nitrogens with one attached hydrogen (secondary N) is 1. The van der Waals surface area contributed by atoms with E-state index in [4.69, 9.17) is 4.74 Å². The van der Waals surface area contributed by atoms with Crippen molar-refractivity contribution < 1.29 is 17.5 Å². The third-order valence-electron chi connectivity index (χ3n) is 4.34. The third kappa shape index (κ3) is 3.38. The van der Waals surface area contributed by atoms with Crippen LogP contribution in [-0.4, -0.2) is 21.8 Å². The number of benzene rings is 2. The van der Waals surface area contributed by atoms with Crippen molar-refractivity contribution in [2.75, 3.05) is 18.7 Å². The van der Waals surface area contributed by atoms with E-state index < -0.39 is 15.7 Å². The third-order valence-corrected chi connectivity index (χ3v) is 5.49. The van der Waals surface area contributed by atoms with Gasteiger partial charge in [0.25, 0.3) is 0 Å². The lowest BCUT2D eigenvalue weighted by Crippen LogP contribution is -2.19. The van der Waals surface area contributed by atoms with Crippen molar-refractivity contribution in [3.05, 3.63) is 53.3 Å². The van der Waals surface area contributed by atoms with Gasteiger partial charge in [0, 0.05) is 6.26 Å². The van der Waals surface area contributed by atoms with Crippen LogP contribution in [0.3, 0.4) is 0 Å². The number of sulfone groups is 1. The van der Waals surface area contributed by atoms with Crippen molar-refractivity contribution in [1.29, 1.82) is 0 Å². The van der Waals surface area contributed by atoms with Crippen LogP contribution >= 0.6 is 0 Å². The maximum absolute atomic E-state index is 13.6. The first-order valence-corrected chi connectivity index (χ1v) is 9.70. The molecule has 0 saturated carbocycles. The van der Waals surface area contributed by atoms with E-state index >= 15 is 0 Å². The number of rotatable bonds is 4. The Kier molecular flexibility index (Phi) is 4.49. The predicted octanol–water partition coefficient (Wildman–Crippen LogP) is 3.73. The zero-order chi connectivity index (χ0) is 17.3. The summed E-state index contributed by atoms with van der Waals surface area (Å²) in [6.45, 7) is 0. The van der Waals surface area contributed by atoms with Gasteiger partial charge in [-0.15, -0.1) is 0 Å². The van der Waals surface area contributed by atoms with E-state index in [0.29, 0.717) is 5.69 Å². The Morgan fingerprint density at radius 3 is 2.71 bits per heavy atom. The second-order valence-corrected chi connectivity index (χ2v) is 8.05. The van der Waals surface area contributed by atoms with Crippen LogP contribution in [0.15, 0.2) is 41.3 Å². The largest absolute Gasteiger partial charge is 0.497 e. The van der Waals surface area contributed by atoms with E-state index in [1.54, 1.807) is 7.11 Å². The molecule has 0 spiro atoms. The first-order valence-electron chi connectivity index (χ1n) is 7.81. The highest BCUT2D eigenvalue weighted by molar-refractivity contribution is 7.90. The number of hydrogen-bond donors (Lipinski definition) is 1. The van der Waals surface area contributed by atoms with E-state index in [-0.39, 0.29) is 10.9 Å². The summed E-state index contributed by atoms with van der Waals surface area (Å²) in [5.41, 5.74) is 2.59. The molecule has 1 N–H and O–H groups in total. The fraction of sp³-hybridized carbons (Fsp3) is 0.333. The average Bonchev–Trinajstić information content (AvgIpc) is 2.53. The Bertz CT molecular complexity index is 865. The molecule has 1 unspecified atom stereocenters.